The quantitative estimate of drug-likeness (QED) is 0.741. The van der Waals surface area contributed by atoms with Crippen LogP contribution in [-0.2, 0) is 0 Å². The first-order valence-corrected chi connectivity index (χ1v) is 6.22. The molecule has 0 aliphatic carbocycles. The Hall–Kier alpha value is 0.01000. The summed E-state index contributed by atoms with van der Waals surface area (Å²) in [6, 6.07) is 1.99. The van der Waals surface area contributed by atoms with Crippen molar-refractivity contribution in [2.24, 2.45) is 0 Å². The van der Waals surface area contributed by atoms with Crippen LogP contribution in [0.15, 0.2) is 16.8 Å². The van der Waals surface area contributed by atoms with E-state index in [4.69, 9.17) is 0 Å². The van der Waals surface area contributed by atoms with Gasteiger partial charge in [0.15, 0.2) is 0 Å². The molecule has 68 valence electrons. The van der Waals surface area contributed by atoms with E-state index in [0.29, 0.717) is 0 Å². The van der Waals surface area contributed by atoms with Gasteiger partial charge in [0.25, 0.3) is 0 Å². The Labute approximate surface area is 81.8 Å². The highest BCUT2D eigenvalue weighted by Crippen LogP contribution is 2.20. The molecule has 1 atom stereocenters. The number of hydrogen-bond acceptors (Lipinski definition) is 3. The van der Waals surface area contributed by atoms with Gasteiger partial charge in [-0.1, -0.05) is 6.92 Å². The smallest absolute Gasteiger partial charge is 0.0888 e. The number of hydrogen-bond donors (Lipinski definition) is 1. The molecule has 3 heteroatoms. The zero-order valence-electron chi connectivity index (χ0n) is 7.19. The van der Waals surface area contributed by atoms with E-state index in [1.807, 2.05) is 28.6 Å². The van der Waals surface area contributed by atoms with E-state index >= 15 is 0 Å². The molecule has 0 amide bonds. The average molecular weight is 202 g/mol. The van der Waals surface area contributed by atoms with Crippen molar-refractivity contribution in [2.45, 2.75) is 19.4 Å². The van der Waals surface area contributed by atoms with E-state index in [-0.39, 0.29) is 6.10 Å². The van der Waals surface area contributed by atoms with Gasteiger partial charge in [-0.05, 0) is 34.6 Å². The van der Waals surface area contributed by atoms with Crippen LogP contribution in [-0.4, -0.2) is 16.6 Å². The van der Waals surface area contributed by atoms with Gasteiger partial charge in [-0.15, -0.1) is 0 Å². The number of aliphatic hydroxyl groups excluding tert-OH is 1. The second kappa shape index (κ2) is 5.62. The number of thiophene rings is 1. The summed E-state index contributed by atoms with van der Waals surface area (Å²) in [6.45, 7) is 2.16. The predicted molar refractivity (Wildman–Crippen MR) is 56.9 cm³/mol. The van der Waals surface area contributed by atoms with Crippen molar-refractivity contribution >= 4 is 23.1 Å². The van der Waals surface area contributed by atoms with Crippen LogP contribution in [0.4, 0.5) is 0 Å². The fourth-order valence-corrected chi connectivity index (χ4v) is 2.48. The van der Waals surface area contributed by atoms with Crippen molar-refractivity contribution in [3.05, 3.63) is 22.4 Å². The van der Waals surface area contributed by atoms with Gasteiger partial charge >= 0.3 is 0 Å². The molecule has 1 aromatic heterocycles. The van der Waals surface area contributed by atoms with Crippen LogP contribution in [0.25, 0.3) is 0 Å². The third kappa shape index (κ3) is 3.17. The molecule has 0 bridgehead atoms. The van der Waals surface area contributed by atoms with Gasteiger partial charge in [0.1, 0.15) is 0 Å². The highest BCUT2D eigenvalue weighted by molar-refractivity contribution is 7.99. The lowest BCUT2D eigenvalue weighted by Gasteiger charge is -2.06. The van der Waals surface area contributed by atoms with Crippen molar-refractivity contribution < 1.29 is 5.11 Å². The van der Waals surface area contributed by atoms with Crippen LogP contribution < -0.4 is 0 Å². The van der Waals surface area contributed by atoms with E-state index in [9.17, 15) is 5.11 Å². The van der Waals surface area contributed by atoms with Crippen LogP contribution in [0.3, 0.4) is 0 Å². The summed E-state index contributed by atoms with van der Waals surface area (Å²) >= 11 is 3.45. The minimum absolute atomic E-state index is 0.271. The van der Waals surface area contributed by atoms with Gasteiger partial charge in [-0.2, -0.15) is 23.1 Å². The molecule has 0 radical (unpaired) electrons. The number of rotatable bonds is 5. The molecule has 1 N–H and O–H groups in total. The lowest BCUT2D eigenvalue weighted by Crippen LogP contribution is -1.98. The van der Waals surface area contributed by atoms with Crippen molar-refractivity contribution in [1.82, 2.24) is 0 Å². The standard InChI is InChI=1S/C9H14OS2/c1-2-4-11-7-9(10)8-3-5-12-6-8/h3,5-6,9-10H,2,4,7H2,1H3. The van der Waals surface area contributed by atoms with Gasteiger partial charge < -0.3 is 5.11 Å². The summed E-state index contributed by atoms with van der Waals surface area (Å²) in [6.07, 6.45) is 0.911. The second-order valence-electron chi connectivity index (χ2n) is 2.65. The topological polar surface area (TPSA) is 20.2 Å². The third-order valence-electron chi connectivity index (χ3n) is 1.55. The first-order chi connectivity index (χ1) is 5.84. The van der Waals surface area contributed by atoms with E-state index in [1.54, 1.807) is 11.3 Å². The maximum Gasteiger partial charge on any atom is 0.0888 e. The summed E-state index contributed by atoms with van der Waals surface area (Å²) in [5.74, 6) is 1.96. The summed E-state index contributed by atoms with van der Waals surface area (Å²) in [5, 5.41) is 13.6. The monoisotopic (exact) mass is 202 g/mol. The van der Waals surface area contributed by atoms with Gasteiger partial charge in [0.2, 0.25) is 0 Å². The van der Waals surface area contributed by atoms with E-state index in [1.165, 1.54) is 6.42 Å². The SMILES string of the molecule is CCCSCC(O)c1ccsc1. The van der Waals surface area contributed by atoms with Crippen LogP contribution in [0.2, 0.25) is 0 Å². The summed E-state index contributed by atoms with van der Waals surface area (Å²) in [5.41, 5.74) is 1.06. The minimum atomic E-state index is -0.271. The number of aliphatic hydroxyl groups is 1. The summed E-state index contributed by atoms with van der Waals surface area (Å²) in [4.78, 5) is 0. The first-order valence-electron chi connectivity index (χ1n) is 4.12. The fraction of sp³-hybridized carbons (Fsp3) is 0.556. The van der Waals surface area contributed by atoms with Crippen molar-refractivity contribution in [3.8, 4) is 0 Å². The molecule has 0 aromatic carbocycles. The molecular formula is C9H14OS2. The van der Waals surface area contributed by atoms with Gasteiger partial charge in [-0.3, -0.25) is 0 Å². The highest BCUT2D eigenvalue weighted by atomic mass is 32.2. The Balaban J connectivity index is 2.25. The molecule has 12 heavy (non-hydrogen) atoms. The van der Waals surface area contributed by atoms with Crippen LogP contribution in [0, 0.1) is 0 Å². The highest BCUT2D eigenvalue weighted by Gasteiger charge is 2.06. The molecule has 1 rings (SSSR count). The Kier molecular flexibility index (Phi) is 4.73. The Morgan fingerprint density at radius 2 is 2.50 bits per heavy atom. The van der Waals surface area contributed by atoms with Crippen LogP contribution >= 0.6 is 23.1 Å². The molecule has 1 heterocycles. The van der Waals surface area contributed by atoms with Gasteiger partial charge in [-0.25, -0.2) is 0 Å². The zero-order chi connectivity index (χ0) is 8.81. The molecule has 0 aliphatic heterocycles. The predicted octanol–water partition coefficient (Wildman–Crippen LogP) is 2.92. The Morgan fingerprint density at radius 3 is 3.08 bits per heavy atom. The molecule has 0 saturated heterocycles. The second-order valence-corrected chi connectivity index (χ2v) is 4.58. The minimum Gasteiger partial charge on any atom is -0.388 e. The van der Waals surface area contributed by atoms with E-state index in [2.05, 4.69) is 6.92 Å². The largest absolute Gasteiger partial charge is 0.388 e. The maximum absolute atomic E-state index is 9.62. The third-order valence-corrected chi connectivity index (χ3v) is 3.50. The van der Waals surface area contributed by atoms with Gasteiger partial charge in [0.05, 0.1) is 6.10 Å². The van der Waals surface area contributed by atoms with Crippen molar-refractivity contribution in [2.75, 3.05) is 11.5 Å². The zero-order valence-corrected chi connectivity index (χ0v) is 8.83. The van der Waals surface area contributed by atoms with Crippen LogP contribution in [0.5, 0.6) is 0 Å². The summed E-state index contributed by atoms with van der Waals surface area (Å²) < 4.78 is 0. The molecule has 1 unspecified atom stereocenters. The first kappa shape index (κ1) is 10.1. The molecule has 0 aliphatic rings. The molecular weight excluding hydrogens is 188 g/mol. The van der Waals surface area contributed by atoms with E-state index in [0.717, 1.165) is 17.1 Å². The molecule has 1 aromatic rings. The Bertz CT molecular complexity index is 196. The Morgan fingerprint density at radius 1 is 1.67 bits per heavy atom. The average Bonchev–Trinajstić information content (AvgIpc) is 2.56. The number of thioether (sulfide) groups is 1. The van der Waals surface area contributed by atoms with Crippen LogP contribution in [0.1, 0.15) is 25.0 Å². The molecule has 0 fully saturated rings. The molecule has 1 nitrogen and oxygen atoms in total. The lowest BCUT2D eigenvalue weighted by molar-refractivity contribution is 0.204. The van der Waals surface area contributed by atoms with Crippen molar-refractivity contribution in [3.63, 3.8) is 0 Å². The fourth-order valence-electron chi connectivity index (χ4n) is 0.900. The maximum atomic E-state index is 9.62. The lowest BCUT2D eigenvalue weighted by atomic mass is 10.2. The van der Waals surface area contributed by atoms with Crippen molar-refractivity contribution in [1.29, 1.82) is 0 Å². The molecule has 0 saturated carbocycles. The summed E-state index contributed by atoms with van der Waals surface area (Å²) in [7, 11) is 0. The van der Waals surface area contributed by atoms with Gasteiger partial charge in [0, 0.05) is 5.75 Å². The normalized spacial score (nSPS) is 13.2. The molecule has 0 spiro atoms. The van der Waals surface area contributed by atoms with E-state index < -0.39 is 0 Å².